The highest BCUT2D eigenvalue weighted by atomic mass is 79.9. The lowest BCUT2D eigenvalue weighted by Gasteiger charge is -2.10. The van der Waals surface area contributed by atoms with Crippen molar-refractivity contribution in [2.24, 2.45) is 0 Å². The summed E-state index contributed by atoms with van der Waals surface area (Å²) < 4.78 is 28.0. The van der Waals surface area contributed by atoms with Crippen LogP contribution in [0.5, 0.6) is 0 Å². The Morgan fingerprint density at radius 3 is 2.46 bits per heavy atom. The molecule has 0 aliphatic carbocycles. The minimum atomic E-state index is -3.60. The normalized spacial score (nSPS) is 11.2. The predicted molar refractivity (Wildman–Crippen MR) is 108 cm³/mol. The van der Waals surface area contributed by atoms with Crippen molar-refractivity contribution in [2.45, 2.75) is 11.1 Å². The number of hydrogen-bond donors (Lipinski definition) is 2. The average Bonchev–Trinajstić information content (AvgIpc) is 3.14. The van der Waals surface area contributed by atoms with Crippen LogP contribution >= 0.6 is 27.3 Å². The third-order valence-electron chi connectivity index (χ3n) is 3.61. The van der Waals surface area contributed by atoms with E-state index in [2.05, 4.69) is 26.0 Å². The second kappa shape index (κ2) is 7.61. The standard InChI is InChI=1S/C18H15BrN2O3S2/c1-12-4-7-14(19)11-16(12)20-18(22)13-5-8-15(9-6-13)21-26(23,24)17-3-2-10-25-17/h2-11,21H,1H3,(H,20,22). The van der Waals surface area contributed by atoms with Crippen molar-refractivity contribution in [3.8, 4) is 0 Å². The van der Waals surface area contributed by atoms with Crippen molar-refractivity contribution < 1.29 is 13.2 Å². The molecule has 2 aromatic carbocycles. The first-order chi connectivity index (χ1) is 12.3. The van der Waals surface area contributed by atoms with E-state index >= 15 is 0 Å². The van der Waals surface area contributed by atoms with E-state index in [4.69, 9.17) is 0 Å². The number of rotatable bonds is 5. The molecule has 134 valence electrons. The highest BCUT2D eigenvalue weighted by Gasteiger charge is 2.15. The molecule has 3 aromatic rings. The predicted octanol–water partition coefficient (Wildman–Crippen LogP) is 4.87. The Hall–Kier alpha value is -2.16. The molecule has 0 spiro atoms. The van der Waals surface area contributed by atoms with Gasteiger partial charge in [-0.25, -0.2) is 8.42 Å². The van der Waals surface area contributed by atoms with E-state index < -0.39 is 10.0 Å². The number of benzene rings is 2. The van der Waals surface area contributed by atoms with E-state index in [1.54, 1.807) is 35.7 Å². The quantitative estimate of drug-likeness (QED) is 0.581. The van der Waals surface area contributed by atoms with E-state index in [-0.39, 0.29) is 10.1 Å². The van der Waals surface area contributed by atoms with Crippen LogP contribution in [0, 0.1) is 6.92 Å². The smallest absolute Gasteiger partial charge is 0.271 e. The third kappa shape index (κ3) is 4.32. The third-order valence-corrected chi connectivity index (χ3v) is 6.88. The van der Waals surface area contributed by atoms with Gasteiger partial charge in [0.15, 0.2) is 0 Å². The number of nitrogens with one attached hydrogen (secondary N) is 2. The van der Waals surface area contributed by atoms with Gasteiger partial charge in [-0.2, -0.15) is 0 Å². The Balaban J connectivity index is 1.73. The van der Waals surface area contributed by atoms with Gasteiger partial charge in [-0.3, -0.25) is 9.52 Å². The number of amides is 1. The lowest BCUT2D eigenvalue weighted by atomic mass is 10.1. The van der Waals surface area contributed by atoms with Crippen LogP contribution in [0.1, 0.15) is 15.9 Å². The van der Waals surface area contributed by atoms with Crippen molar-refractivity contribution in [1.82, 2.24) is 0 Å². The van der Waals surface area contributed by atoms with Crippen LogP contribution in [0.2, 0.25) is 0 Å². The zero-order chi connectivity index (χ0) is 18.7. The number of thiophene rings is 1. The number of carbonyl (C=O) groups excluding carboxylic acids is 1. The van der Waals surface area contributed by atoms with E-state index in [9.17, 15) is 13.2 Å². The molecule has 0 fully saturated rings. The molecular weight excluding hydrogens is 436 g/mol. The summed E-state index contributed by atoms with van der Waals surface area (Å²) in [7, 11) is -3.60. The fourth-order valence-electron chi connectivity index (χ4n) is 2.23. The molecule has 1 amide bonds. The molecule has 0 radical (unpaired) electrons. The number of aryl methyl sites for hydroxylation is 1. The van der Waals surface area contributed by atoms with Gasteiger partial charge < -0.3 is 5.32 Å². The Bertz CT molecular complexity index is 1030. The zero-order valence-corrected chi connectivity index (χ0v) is 16.9. The van der Waals surface area contributed by atoms with E-state index in [0.717, 1.165) is 21.4 Å². The summed E-state index contributed by atoms with van der Waals surface area (Å²) in [6.45, 7) is 1.91. The van der Waals surface area contributed by atoms with Crippen LogP contribution in [0.15, 0.2) is 68.7 Å². The maximum atomic E-state index is 12.4. The van der Waals surface area contributed by atoms with Crippen molar-refractivity contribution in [3.63, 3.8) is 0 Å². The summed E-state index contributed by atoms with van der Waals surface area (Å²) in [5.74, 6) is -0.265. The Morgan fingerprint density at radius 1 is 1.08 bits per heavy atom. The van der Waals surface area contributed by atoms with Crippen LogP contribution in [0.3, 0.4) is 0 Å². The topological polar surface area (TPSA) is 75.3 Å². The van der Waals surface area contributed by atoms with Gasteiger partial charge in [0.2, 0.25) is 0 Å². The van der Waals surface area contributed by atoms with Gasteiger partial charge in [0, 0.05) is 21.4 Å². The highest BCUT2D eigenvalue weighted by molar-refractivity contribution is 9.10. The maximum absolute atomic E-state index is 12.4. The number of hydrogen-bond acceptors (Lipinski definition) is 4. The molecule has 1 aromatic heterocycles. The first-order valence-electron chi connectivity index (χ1n) is 7.59. The van der Waals surface area contributed by atoms with Gasteiger partial charge in [0.1, 0.15) is 4.21 Å². The SMILES string of the molecule is Cc1ccc(Br)cc1NC(=O)c1ccc(NS(=O)(=O)c2cccs2)cc1. The summed E-state index contributed by atoms with van der Waals surface area (Å²) in [6, 6.07) is 15.1. The summed E-state index contributed by atoms with van der Waals surface area (Å²) in [5.41, 5.74) is 2.49. The van der Waals surface area contributed by atoms with E-state index in [1.165, 1.54) is 6.07 Å². The lowest BCUT2D eigenvalue weighted by Crippen LogP contribution is -2.14. The molecule has 1 heterocycles. The largest absolute Gasteiger partial charge is 0.322 e. The molecule has 0 unspecified atom stereocenters. The van der Waals surface area contributed by atoms with Crippen LogP contribution in [-0.4, -0.2) is 14.3 Å². The van der Waals surface area contributed by atoms with Crippen molar-refractivity contribution in [1.29, 1.82) is 0 Å². The molecule has 8 heteroatoms. The molecular formula is C18H15BrN2O3S2. The van der Waals surface area contributed by atoms with Crippen LogP contribution < -0.4 is 10.0 Å². The van der Waals surface area contributed by atoms with Crippen LogP contribution in [-0.2, 0) is 10.0 Å². The van der Waals surface area contributed by atoms with Gasteiger partial charge in [-0.1, -0.05) is 28.1 Å². The lowest BCUT2D eigenvalue weighted by molar-refractivity contribution is 0.102. The second-order valence-electron chi connectivity index (χ2n) is 5.53. The zero-order valence-electron chi connectivity index (χ0n) is 13.7. The molecule has 26 heavy (non-hydrogen) atoms. The summed E-state index contributed by atoms with van der Waals surface area (Å²) in [5, 5.41) is 4.55. The minimum Gasteiger partial charge on any atom is -0.322 e. The molecule has 0 atom stereocenters. The number of halogens is 1. The van der Waals surface area contributed by atoms with Gasteiger partial charge in [-0.15, -0.1) is 11.3 Å². The molecule has 3 rings (SSSR count). The minimum absolute atomic E-state index is 0.240. The first kappa shape index (κ1) is 18.6. The second-order valence-corrected chi connectivity index (χ2v) is 9.30. The Morgan fingerprint density at radius 2 is 1.81 bits per heavy atom. The first-order valence-corrected chi connectivity index (χ1v) is 10.7. The Kier molecular flexibility index (Phi) is 5.45. The number of sulfonamides is 1. The van der Waals surface area contributed by atoms with Gasteiger partial charge in [0.25, 0.3) is 15.9 Å². The molecule has 0 aliphatic heterocycles. The maximum Gasteiger partial charge on any atom is 0.271 e. The molecule has 0 saturated heterocycles. The van der Waals surface area contributed by atoms with Crippen LogP contribution in [0.25, 0.3) is 0 Å². The Labute approximate surface area is 164 Å². The van der Waals surface area contributed by atoms with E-state index in [1.807, 2.05) is 25.1 Å². The molecule has 2 N–H and O–H groups in total. The highest BCUT2D eigenvalue weighted by Crippen LogP contribution is 2.23. The van der Waals surface area contributed by atoms with Crippen molar-refractivity contribution >= 4 is 54.6 Å². The fourth-order valence-corrected chi connectivity index (χ4v) is 4.65. The number of carbonyl (C=O) groups is 1. The van der Waals surface area contributed by atoms with Crippen molar-refractivity contribution in [3.05, 3.63) is 75.6 Å². The fraction of sp³-hybridized carbons (Fsp3) is 0.0556. The summed E-state index contributed by atoms with van der Waals surface area (Å²) >= 11 is 4.52. The van der Waals surface area contributed by atoms with Gasteiger partial charge >= 0.3 is 0 Å². The molecule has 0 saturated carbocycles. The van der Waals surface area contributed by atoms with E-state index in [0.29, 0.717) is 16.9 Å². The van der Waals surface area contributed by atoms with Gasteiger partial charge in [0.05, 0.1) is 0 Å². The summed E-state index contributed by atoms with van der Waals surface area (Å²) in [4.78, 5) is 12.4. The molecule has 0 bridgehead atoms. The molecule has 0 aliphatic rings. The molecule has 5 nitrogen and oxygen atoms in total. The number of anilines is 2. The van der Waals surface area contributed by atoms with Crippen LogP contribution in [0.4, 0.5) is 11.4 Å². The van der Waals surface area contributed by atoms with Crippen molar-refractivity contribution in [2.75, 3.05) is 10.0 Å². The average molecular weight is 451 g/mol. The summed E-state index contributed by atoms with van der Waals surface area (Å²) in [6.07, 6.45) is 0. The van der Waals surface area contributed by atoms with Gasteiger partial charge in [-0.05, 0) is 60.3 Å². The monoisotopic (exact) mass is 450 g/mol.